The number of aliphatic hydroxyl groups is 1. The Morgan fingerprint density at radius 2 is 2.11 bits per heavy atom. The lowest BCUT2D eigenvalue weighted by molar-refractivity contribution is 0.180. The van der Waals surface area contributed by atoms with Gasteiger partial charge in [-0.25, -0.2) is 4.39 Å². The van der Waals surface area contributed by atoms with E-state index in [0.29, 0.717) is 24.7 Å². The number of likely N-dealkylation sites (N-methyl/N-ethyl adjacent to an activating group) is 1. The molecule has 4 heteroatoms. The molecule has 2 rings (SSSR count). The van der Waals surface area contributed by atoms with Crippen LogP contribution in [0.4, 0.5) is 10.1 Å². The van der Waals surface area contributed by atoms with E-state index in [0.717, 1.165) is 12.8 Å². The summed E-state index contributed by atoms with van der Waals surface area (Å²) in [5.41, 5.74) is 6.20. The molecule has 1 atom stereocenters. The van der Waals surface area contributed by atoms with E-state index in [2.05, 4.69) is 0 Å². The summed E-state index contributed by atoms with van der Waals surface area (Å²) in [6, 6.07) is 6.69. The van der Waals surface area contributed by atoms with E-state index >= 15 is 0 Å². The summed E-state index contributed by atoms with van der Waals surface area (Å²) in [6.45, 7) is 3.08. The molecule has 1 aliphatic rings. The van der Waals surface area contributed by atoms with Gasteiger partial charge in [-0.2, -0.15) is 0 Å². The average Bonchev–Trinajstić information content (AvgIpc) is 3.21. The van der Waals surface area contributed by atoms with Crippen LogP contribution in [0, 0.1) is 11.7 Å². The molecule has 0 radical (unpaired) electrons. The maximum atomic E-state index is 13.8. The molecule has 1 fully saturated rings. The van der Waals surface area contributed by atoms with Crippen molar-refractivity contribution in [1.82, 2.24) is 0 Å². The molecule has 0 bridgehead atoms. The molecule has 1 aromatic rings. The van der Waals surface area contributed by atoms with E-state index in [1.165, 1.54) is 6.07 Å². The molecule has 1 saturated carbocycles. The van der Waals surface area contributed by atoms with E-state index in [4.69, 9.17) is 5.73 Å². The summed E-state index contributed by atoms with van der Waals surface area (Å²) < 4.78 is 13.8. The van der Waals surface area contributed by atoms with Crippen LogP contribution in [0.2, 0.25) is 0 Å². The molecular weight excluding hydrogens is 231 g/mol. The second-order valence-corrected chi connectivity index (χ2v) is 5.13. The Kier molecular flexibility index (Phi) is 3.88. The van der Waals surface area contributed by atoms with Gasteiger partial charge in [-0.15, -0.1) is 0 Å². The molecule has 0 amide bonds. The number of benzene rings is 1. The SMILES string of the molecule is CCN(CC(N)(CO)C1CC1)c1ccccc1F. The minimum atomic E-state index is -0.613. The molecular formula is C14H21FN2O. The normalized spacial score (nSPS) is 18.4. The van der Waals surface area contributed by atoms with Crippen LogP contribution in [0.3, 0.4) is 0 Å². The van der Waals surface area contributed by atoms with Crippen molar-refractivity contribution >= 4 is 5.69 Å². The first-order chi connectivity index (χ1) is 8.60. The molecule has 0 aliphatic heterocycles. The number of hydrogen-bond acceptors (Lipinski definition) is 3. The topological polar surface area (TPSA) is 49.5 Å². The van der Waals surface area contributed by atoms with Gasteiger partial charge in [-0.05, 0) is 37.8 Å². The molecule has 0 heterocycles. The van der Waals surface area contributed by atoms with Crippen molar-refractivity contribution in [2.75, 3.05) is 24.6 Å². The monoisotopic (exact) mass is 252 g/mol. The number of aliphatic hydroxyl groups excluding tert-OH is 1. The van der Waals surface area contributed by atoms with E-state index in [1.807, 2.05) is 17.9 Å². The molecule has 0 aromatic heterocycles. The molecule has 1 aromatic carbocycles. The summed E-state index contributed by atoms with van der Waals surface area (Å²) in [5, 5.41) is 9.51. The number of nitrogens with two attached hydrogens (primary N) is 1. The Hall–Kier alpha value is -1.13. The first-order valence-corrected chi connectivity index (χ1v) is 6.50. The van der Waals surface area contributed by atoms with Gasteiger partial charge in [-0.1, -0.05) is 12.1 Å². The Bertz CT molecular complexity index is 409. The first-order valence-electron chi connectivity index (χ1n) is 6.50. The lowest BCUT2D eigenvalue weighted by Crippen LogP contribution is -2.55. The zero-order valence-electron chi connectivity index (χ0n) is 10.8. The van der Waals surface area contributed by atoms with E-state index in [9.17, 15) is 9.50 Å². The molecule has 3 nitrogen and oxygen atoms in total. The predicted octanol–water partition coefficient (Wildman–Crippen LogP) is 1.75. The van der Waals surface area contributed by atoms with E-state index in [-0.39, 0.29) is 12.4 Å². The molecule has 18 heavy (non-hydrogen) atoms. The quantitative estimate of drug-likeness (QED) is 0.811. The maximum absolute atomic E-state index is 13.8. The molecule has 0 saturated heterocycles. The Balaban J connectivity index is 2.16. The van der Waals surface area contributed by atoms with Crippen molar-refractivity contribution < 1.29 is 9.50 Å². The predicted molar refractivity (Wildman–Crippen MR) is 71.0 cm³/mol. The van der Waals surface area contributed by atoms with E-state index < -0.39 is 5.54 Å². The number of hydrogen-bond donors (Lipinski definition) is 2. The van der Waals surface area contributed by atoms with Crippen molar-refractivity contribution in [2.45, 2.75) is 25.3 Å². The van der Waals surface area contributed by atoms with Gasteiger partial charge in [0.2, 0.25) is 0 Å². The van der Waals surface area contributed by atoms with Crippen LogP contribution in [0.25, 0.3) is 0 Å². The fourth-order valence-electron chi connectivity index (χ4n) is 2.40. The highest BCUT2D eigenvalue weighted by atomic mass is 19.1. The lowest BCUT2D eigenvalue weighted by atomic mass is 9.94. The lowest BCUT2D eigenvalue weighted by Gasteiger charge is -2.35. The summed E-state index contributed by atoms with van der Waals surface area (Å²) in [5.74, 6) is 0.124. The summed E-state index contributed by atoms with van der Waals surface area (Å²) in [4.78, 5) is 1.91. The third-order valence-electron chi connectivity index (χ3n) is 3.74. The summed E-state index contributed by atoms with van der Waals surface area (Å²) >= 11 is 0. The Morgan fingerprint density at radius 3 is 2.61 bits per heavy atom. The van der Waals surface area contributed by atoms with Crippen LogP contribution in [-0.2, 0) is 0 Å². The van der Waals surface area contributed by atoms with Crippen molar-refractivity contribution in [3.05, 3.63) is 30.1 Å². The second kappa shape index (κ2) is 5.24. The number of halogens is 1. The van der Waals surface area contributed by atoms with Crippen LogP contribution in [-0.4, -0.2) is 30.3 Å². The zero-order chi connectivity index (χ0) is 13.2. The van der Waals surface area contributed by atoms with Gasteiger partial charge >= 0.3 is 0 Å². The Morgan fingerprint density at radius 1 is 1.44 bits per heavy atom. The highest BCUT2D eigenvalue weighted by Gasteiger charge is 2.42. The largest absolute Gasteiger partial charge is 0.394 e. The van der Waals surface area contributed by atoms with Gasteiger partial charge in [0.05, 0.1) is 17.8 Å². The zero-order valence-corrected chi connectivity index (χ0v) is 10.8. The fourth-order valence-corrected chi connectivity index (χ4v) is 2.40. The van der Waals surface area contributed by atoms with Crippen molar-refractivity contribution in [2.24, 2.45) is 11.7 Å². The fraction of sp³-hybridized carbons (Fsp3) is 0.571. The molecule has 0 spiro atoms. The number of anilines is 1. The van der Waals surface area contributed by atoms with Gasteiger partial charge < -0.3 is 15.7 Å². The Labute approximate surface area is 107 Å². The smallest absolute Gasteiger partial charge is 0.146 e. The van der Waals surface area contributed by atoms with Crippen LogP contribution in [0.15, 0.2) is 24.3 Å². The minimum Gasteiger partial charge on any atom is -0.394 e. The van der Waals surface area contributed by atoms with Crippen molar-refractivity contribution in [3.8, 4) is 0 Å². The van der Waals surface area contributed by atoms with Gasteiger partial charge in [0.15, 0.2) is 0 Å². The van der Waals surface area contributed by atoms with E-state index in [1.54, 1.807) is 12.1 Å². The highest BCUT2D eigenvalue weighted by Crippen LogP contribution is 2.39. The number of para-hydroxylation sites is 1. The standard InChI is InChI=1S/C14H21FN2O/c1-2-17(13-6-4-3-5-12(13)15)9-14(16,10-18)11-7-8-11/h3-6,11,18H,2,7-10,16H2,1H3. The van der Waals surface area contributed by atoms with Gasteiger partial charge in [0, 0.05) is 13.1 Å². The van der Waals surface area contributed by atoms with Gasteiger partial charge in [-0.3, -0.25) is 0 Å². The van der Waals surface area contributed by atoms with Crippen LogP contribution < -0.4 is 10.6 Å². The van der Waals surface area contributed by atoms with Crippen molar-refractivity contribution in [1.29, 1.82) is 0 Å². The highest BCUT2D eigenvalue weighted by molar-refractivity contribution is 5.48. The third kappa shape index (κ3) is 2.65. The third-order valence-corrected chi connectivity index (χ3v) is 3.74. The van der Waals surface area contributed by atoms with Crippen molar-refractivity contribution in [3.63, 3.8) is 0 Å². The number of rotatable bonds is 6. The van der Waals surface area contributed by atoms with Crippen LogP contribution in [0.1, 0.15) is 19.8 Å². The van der Waals surface area contributed by atoms with Gasteiger partial charge in [0.25, 0.3) is 0 Å². The van der Waals surface area contributed by atoms with Crippen LogP contribution >= 0.6 is 0 Å². The summed E-state index contributed by atoms with van der Waals surface area (Å²) in [7, 11) is 0. The summed E-state index contributed by atoms with van der Waals surface area (Å²) in [6.07, 6.45) is 2.12. The number of nitrogens with zero attached hydrogens (tertiary/aromatic N) is 1. The second-order valence-electron chi connectivity index (χ2n) is 5.13. The first kappa shape index (κ1) is 13.3. The van der Waals surface area contributed by atoms with Crippen LogP contribution in [0.5, 0.6) is 0 Å². The molecule has 1 aliphatic carbocycles. The maximum Gasteiger partial charge on any atom is 0.146 e. The molecule has 1 unspecified atom stereocenters. The minimum absolute atomic E-state index is 0.0530. The molecule has 3 N–H and O–H groups in total. The van der Waals surface area contributed by atoms with Gasteiger partial charge in [0.1, 0.15) is 5.82 Å². The molecule has 100 valence electrons. The average molecular weight is 252 g/mol.